The average Bonchev–Trinajstić information content (AvgIpc) is 3.32. The Morgan fingerprint density at radius 2 is 2.00 bits per heavy atom. The highest BCUT2D eigenvalue weighted by Crippen LogP contribution is 2.33. The molecule has 0 radical (unpaired) electrons. The predicted octanol–water partition coefficient (Wildman–Crippen LogP) is 4.68. The van der Waals surface area contributed by atoms with Crippen molar-refractivity contribution in [3.8, 4) is 0 Å². The van der Waals surface area contributed by atoms with Crippen molar-refractivity contribution in [1.82, 2.24) is 9.88 Å². The van der Waals surface area contributed by atoms with Gasteiger partial charge in [-0.3, -0.25) is 4.79 Å². The minimum atomic E-state index is 0.0434. The smallest absolute Gasteiger partial charge is 0.257 e. The molecule has 5 heteroatoms. The van der Waals surface area contributed by atoms with E-state index in [0.29, 0.717) is 22.7 Å². The first-order valence-electron chi connectivity index (χ1n) is 7.77. The van der Waals surface area contributed by atoms with E-state index in [-0.39, 0.29) is 5.91 Å². The number of hydrogen-bond acceptors (Lipinski definition) is 2. The first-order chi connectivity index (χ1) is 10.1. The van der Waals surface area contributed by atoms with Crippen LogP contribution in [0.2, 0.25) is 5.15 Å². The zero-order chi connectivity index (χ0) is 14.8. The Morgan fingerprint density at radius 1 is 1.29 bits per heavy atom. The van der Waals surface area contributed by atoms with Crippen molar-refractivity contribution < 1.29 is 4.79 Å². The summed E-state index contributed by atoms with van der Waals surface area (Å²) in [6, 6.07) is 2.20. The van der Waals surface area contributed by atoms with Gasteiger partial charge >= 0.3 is 0 Å². The zero-order valence-electron chi connectivity index (χ0n) is 12.0. The summed E-state index contributed by atoms with van der Waals surface area (Å²) in [7, 11) is 0. The van der Waals surface area contributed by atoms with E-state index in [1.807, 2.05) is 4.90 Å². The molecule has 114 valence electrons. The molecule has 0 saturated heterocycles. The molecule has 0 aromatic carbocycles. The molecule has 2 saturated carbocycles. The van der Waals surface area contributed by atoms with E-state index in [9.17, 15) is 4.79 Å². The summed E-state index contributed by atoms with van der Waals surface area (Å²) in [5.74, 6) is 0.698. The Hall–Kier alpha value is -0.610. The Kier molecular flexibility index (Phi) is 4.85. The van der Waals surface area contributed by atoms with Gasteiger partial charge in [0.25, 0.3) is 5.91 Å². The highest BCUT2D eigenvalue weighted by Gasteiger charge is 2.35. The van der Waals surface area contributed by atoms with E-state index < -0.39 is 0 Å². The number of pyridine rings is 1. The molecule has 2 aliphatic rings. The molecule has 2 fully saturated rings. The van der Waals surface area contributed by atoms with Crippen LogP contribution in [-0.2, 0) is 0 Å². The quantitative estimate of drug-likeness (QED) is 0.720. The number of aromatic nitrogens is 1. The molecule has 0 aliphatic heterocycles. The van der Waals surface area contributed by atoms with E-state index in [1.54, 1.807) is 12.3 Å². The van der Waals surface area contributed by atoms with Gasteiger partial charge in [-0.15, -0.1) is 0 Å². The Bertz CT molecular complexity index is 527. The summed E-state index contributed by atoms with van der Waals surface area (Å²) in [5.41, 5.74) is 0.522. The third-order valence-electron chi connectivity index (χ3n) is 4.46. The second-order valence-corrected chi connectivity index (χ2v) is 7.46. The summed E-state index contributed by atoms with van der Waals surface area (Å²) in [4.78, 5) is 19.0. The fourth-order valence-corrected chi connectivity index (χ4v) is 3.67. The van der Waals surface area contributed by atoms with Crippen LogP contribution in [0.5, 0.6) is 0 Å². The molecule has 0 bridgehead atoms. The van der Waals surface area contributed by atoms with Crippen molar-refractivity contribution in [1.29, 1.82) is 0 Å². The summed E-state index contributed by atoms with van der Waals surface area (Å²) in [5, 5.41) is 0.303. The number of nitrogens with zero attached hydrogens (tertiary/aromatic N) is 2. The zero-order valence-corrected chi connectivity index (χ0v) is 14.4. The second-order valence-electron chi connectivity index (χ2n) is 6.18. The maximum atomic E-state index is 12.9. The highest BCUT2D eigenvalue weighted by molar-refractivity contribution is 9.10. The monoisotopic (exact) mass is 370 g/mol. The molecule has 0 atom stereocenters. The molecule has 1 aromatic heterocycles. The number of carbonyl (C=O) groups is 1. The fourth-order valence-electron chi connectivity index (χ4n) is 3.16. The third-order valence-corrected chi connectivity index (χ3v) is 5.20. The standard InChI is InChI=1S/C16H20BrClN2O/c17-12-8-14(15(18)19-9-12)16(21)20(13-6-7-13)10-11-4-2-1-3-5-11/h8-9,11,13H,1-7,10H2. The summed E-state index contributed by atoms with van der Waals surface area (Å²) in [6.07, 6.45) is 10.3. The van der Waals surface area contributed by atoms with Gasteiger partial charge in [0.15, 0.2) is 0 Å². The molecule has 1 amide bonds. The first-order valence-corrected chi connectivity index (χ1v) is 8.94. The number of hydrogen-bond donors (Lipinski definition) is 0. The Balaban J connectivity index is 1.76. The van der Waals surface area contributed by atoms with Gasteiger partial charge in [-0.25, -0.2) is 4.98 Å². The highest BCUT2D eigenvalue weighted by atomic mass is 79.9. The molecule has 0 unspecified atom stereocenters. The molecule has 3 nitrogen and oxygen atoms in total. The van der Waals surface area contributed by atoms with Crippen LogP contribution < -0.4 is 0 Å². The van der Waals surface area contributed by atoms with Crippen molar-refractivity contribution in [2.75, 3.05) is 6.54 Å². The van der Waals surface area contributed by atoms with Crippen LogP contribution in [0, 0.1) is 5.92 Å². The van der Waals surface area contributed by atoms with Crippen LogP contribution in [0.4, 0.5) is 0 Å². The molecule has 21 heavy (non-hydrogen) atoms. The van der Waals surface area contributed by atoms with E-state index in [1.165, 1.54) is 32.1 Å². The van der Waals surface area contributed by atoms with Crippen LogP contribution in [0.3, 0.4) is 0 Å². The molecule has 0 N–H and O–H groups in total. The van der Waals surface area contributed by atoms with E-state index >= 15 is 0 Å². The topological polar surface area (TPSA) is 33.2 Å². The van der Waals surface area contributed by atoms with Crippen molar-refractivity contribution in [3.05, 3.63) is 27.5 Å². The number of carbonyl (C=O) groups excluding carboxylic acids is 1. The van der Waals surface area contributed by atoms with Crippen molar-refractivity contribution in [2.45, 2.75) is 51.0 Å². The summed E-state index contributed by atoms with van der Waals surface area (Å²) < 4.78 is 0.795. The van der Waals surface area contributed by atoms with Crippen molar-refractivity contribution in [3.63, 3.8) is 0 Å². The van der Waals surface area contributed by atoms with Gasteiger partial charge in [0, 0.05) is 23.3 Å². The lowest BCUT2D eigenvalue weighted by molar-refractivity contribution is 0.0698. The minimum absolute atomic E-state index is 0.0434. The number of amides is 1. The predicted molar refractivity (Wildman–Crippen MR) is 87.6 cm³/mol. The number of rotatable bonds is 4. The van der Waals surface area contributed by atoms with Crippen LogP contribution in [0.15, 0.2) is 16.7 Å². The van der Waals surface area contributed by atoms with E-state index in [4.69, 9.17) is 11.6 Å². The molecule has 1 heterocycles. The lowest BCUT2D eigenvalue weighted by Crippen LogP contribution is -2.38. The second kappa shape index (κ2) is 6.66. The van der Waals surface area contributed by atoms with Crippen LogP contribution in [0.1, 0.15) is 55.3 Å². The van der Waals surface area contributed by atoms with E-state index in [2.05, 4.69) is 20.9 Å². The van der Waals surface area contributed by atoms with Gasteiger partial charge in [-0.2, -0.15) is 0 Å². The van der Waals surface area contributed by atoms with Gasteiger partial charge in [0.1, 0.15) is 5.15 Å². The van der Waals surface area contributed by atoms with Crippen molar-refractivity contribution in [2.24, 2.45) is 5.92 Å². The Morgan fingerprint density at radius 3 is 2.67 bits per heavy atom. The van der Waals surface area contributed by atoms with Crippen LogP contribution in [0.25, 0.3) is 0 Å². The van der Waals surface area contributed by atoms with Gasteiger partial charge in [-0.05, 0) is 53.6 Å². The lowest BCUT2D eigenvalue weighted by Gasteiger charge is -2.30. The maximum absolute atomic E-state index is 12.9. The first kappa shape index (κ1) is 15.3. The molecule has 0 spiro atoms. The van der Waals surface area contributed by atoms with E-state index in [0.717, 1.165) is 23.9 Å². The summed E-state index contributed by atoms with van der Waals surface area (Å²) in [6.45, 7) is 0.881. The average molecular weight is 372 g/mol. The largest absolute Gasteiger partial charge is 0.335 e. The summed E-state index contributed by atoms with van der Waals surface area (Å²) >= 11 is 9.50. The van der Waals surface area contributed by atoms with Gasteiger partial charge < -0.3 is 4.90 Å². The van der Waals surface area contributed by atoms with Gasteiger partial charge in [0.05, 0.1) is 5.56 Å². The maximum Gasteiger partial charge on any atom is 0.257 e. The molecule has 1 aromatic rings. The SMILES string of the molecule is O=C(c1cc(Br)cnc1Cl)N(CC1CCCCC1)C1CC1. The number of halogens is 2. The fraction of sp³-hybridized carbons (Fsp3) is 0.625. The molecule has 3 rings (SSSR count). The van der Waals surface area contributed by atoms with Crippen LogP contribution >= 0.6 is 27.5 Å². The minimum Gasteiger partial charge on any atom is -0.335 e. The van der Waals surface area contributed by atoms with Crippen LogP contribution in [-0.4, -0.2) is 28.4 Å². The van der Waals surface area contributed by atoms with Gasteiger partial charge in [-0.1, -0.05) is 30.9 Å². The third kappa shape index (κ3) is 3.78. The van der Waals surface area contributed by atoms with Gasteiger partial charge in [0.2, 0.25) is 0 Å². The molecular weight excluding hydrogens is 352 g/mol. The molecular formula is C16H20BrClN2O. The Labute approximate surface area is 139 Å². The lowest BCUT2D eigenvalue weighted by atomic mass is 9.89. The molecule has 2 aliphatic carbocycles. The normalized spacial score (nSPS) is 19.5. The van der Waals surface area contributed by atoms with Crippen molar-refractivity contribution >= 4 is 33.4 Å².